The smallest absolute Gasteiger partial charge is 0.252 e. The van der Waals surface area contributed by atoms with Crippen LogP contribution in [0, 0.1) is 0 Å². The van der Waals surface area contributed by atoms with Gasteiger partial charge >= 0.3 is 0 Å². The number of aromatic nitrogens is 2. The van der Waals surface area contributed by atoms with Crippen LogP contribution in [0.3, 0.4) is 0 Å². The van der Waals surface area contributed by atoms with Gasteiger partial charge in [-0.05, 0) is 85.7 Å². The quantitative estimate of drug-likeness (QED) is 0.177. The number of hydrogen-bond acceptors (Lipinski definition) is 2. The molecule has 45 heavy (non-hydrogen) atoms. The highest BCUT2D eigenvalue weighted by atomic mass is 15.2. The van der Waals surface area contributed by atoms with Crippen molar-refractivity contribution >= 4 is 51.2 Å². The number of rotatable bonds is 1. The second kappa shape index (κ2) is 9.38. The summed E-state index contributed by atoms with van der Waals surface area (Å²) < 4.78 is 2.49. The molecule has 2 aliphatic heterocycles. The molecule has 0 amide bonds. The first kappa shape index (κ1) is 29.9. The molecule has 0 saturated carbocycles. The standard InChI is InChI=1S/C41H48BN3/c1-38(2,3)25-16-19-28(20-17-25)44-32-21-18-26(39(4,5)6)22-29(32)42-30-23-27(40(7,8)9)24-31-36(30)45(37(43-31)41(10,11)12)34-15-13-14-33(44)35(34)42/h13-24H,1-12H3. The van der Waals surface area contributed by atoms with Gasteiger partial charge in [-0.1, -0.05) is 119 Å². The molecule has 0 fully saturated rings. The molecule has 4 aromatic carbocycles. The Labute approximate surface area is 270 Å². The van der Waals surface area contributed by atoms with Crippen LogP contribution in [0.5, 0.6) is 0 Å². The number of imidazole rings is 1. The molecule has 0 N–H and O–H groups in total. The molecule has 3 heterocycles. The molecule has 0 aliphatic carbocycles. The van der Waals surface area contributed by atoms with E-state index in [0.717, 1.165) is 11.3 Å². The molecule has 4 heteroatoms. The fourth-order valence-corrected chi connectivity index (χ4v) is 7.31. The topological polar surface area (TPSA) is 21.1 Å². The van der Waals surface area contributed by atoms with Crippen molar-refractivity contribution in [2.24, 2.45) is 0 Å². The van der Waals surface area contributed by atoms with E-state index in [-0.39, 0.29) is 28.4 Å². The lowest BCUT2D eigenvalue weighted by Crippen LogP contribution is -2.61. The van der Waals surface area contributed by atoms with Crippen LogP contribution in [0.15, 0.2) is 72.8 Å². The Morgan fingerprint density at radius 3 is 1.71 bits per heavy atom. The summed E-state index contributed by atoms with van der Waals surface area (Å²) in [6.45, 7) is 27.8. The summed E-state index contributed by atoms with van der Waals surface area (Å²) in [5, 5.41) is 0. The van der Waals surface area contributed by atoms with E-state index in [1.165, 1.54) is 61.3 Å². The minimum absolute atomic E-state index is 0.00174. The third-order valence-electron chi connectivity index (χ3n) is 9.90. The first-order chi connectivity index (χ1) is 20.9. The van der Waals surface area contributed by atoms with Gasteiger partial charge in [-0.2, -0.15) is 0 Å². The lowest BCUT2D eigenvalue weighted by molar-refractivity contribution is 0.539. The molecule has 0 atom stereocenters. The highest BCUT2D eigenvalue weighted by Gasteiger charge is 2.44. The van der Waals surface area contributed by atoms with Crippen LogP contribution >= 0.6 is 0 Å². The van der Waals surface area contributed by atoms with Crippen molar-refractivity contribution in [1.29, 1.82) is 0 Å². The van der Waals surface area contributed by atoms with E-state index in [2.05, 4.69) is 165 Å². The fraction of sp³-hybridized carbons (Fsp3) is 0.390. The number of nitrogens with zero attached hydrogens (tertiary/aromatic N) is 3. The zero-order valence-electron chi connectivity index (χ0n) is 29.3. The molecular weight excluding hydrogens is 545 g/mol. The van der Waals surface area contributed by atoms with Gasteiger partial charge in [0.05, 0.1) is 11.0 Å². The van der Waals surface area contributed by atoms with Crippen molar-refractivity contribution < 1.29 is 0 Å². The van der Waals surface area contributed by atoms with Crippen molar-refractivity contribution in [3.8, 4) is 5.69 Å². The molecule has 7 rings (SSSR count). The van der Waals surface area contributed by atoms with Gasteiger partial charge in [0.2, 0.25) is 0 Å². The lowest BCUT2D eigenvalue weighted by Gasteiger charge is -2.41. The Hall–Kier alpha value is -3.79. The van der Waals surface area contributed by atoms with Gasteiger partial charge in [0.25, 0.3) is 6.71 Å². The van der Waals surface area contributed by atoms with Gasteiger partial charge in [-0.15, -0.1) is 0 Å². The van der Waals surface area contributed by atoms with Gasteiger partial charge in [0.15, 0.2) is 0 Å². The summed E-state index contributed by atoms with van der Waals surface area (Å²) in [6, 6.07) is 28.2. The largest absolute Gasteiger partial charge is 0.311 e. The highest BCUT2D eigenvalue weighted by molar-refractivity contribution is 7.00. The first-order valence-corrected chi connectivity index (χ1v) is 16.6. The Kier molecular flexibility index (Phi) is 6.23. The fourth-order valence-electron chi connectivity index (χ4n) is 7.31. The number of fused-ring (bicyclic) bond motifs is 4. The van der Waals surface area contributed by atoms with Crippen molar-refractivity contribution in [2.45, 2.75) is 105 Å². The molecule has 0 unspecified atom stereocenters. The van der Waals surface area contributed by atoms with Crippen LogP contribution in [0.2, 0.25) is 0 Å². The molecular formula is C41H48BN3. The van der Waals surface area contributed by atoms with Crippen molar-refractivity contribution in [3.05, 3.63) is 95.3 Å². The summed E-state index contributed by atoms with van der Waals surface area (Å²) in [5.41, 5.74) is 15.5. The third-order valence-corrected chi connectivity index (χ3v) is 9.90. The molecule has 0 bridgehead atoms. The molecule has 2 aliphatic rings. The van der Waals surface area contributed by atoms with E-state index in [0.29, 0.717) is 0 Å². The minimum Gasteiger partial charge on any atom is -0.311 e. The molecule has 5 aromatic rings. The van der Waals surface area contributed by atoms with E-state index < -0.39 is 0 Å². The number of benzene rings is 4. The molecule has 1 aromatic heterocycles. The molecule has 230 valence electrons. The summed E-state index contributed by atoms with van der Waals surface area (Å²) in [7, 11) is 0. The SMILES string of the molecule is CC(C)(C)c1ccc(N2c3ccc(C(C)(C)C)cc3B3c4c2cccc4-n2c(C(C)(C)C)nc4cc(C(C)(C)C)cc3c42)cc1. The zero-order chi connectivity index (χ0) is 32.4. The van der Waals surface area contributed by atoms with Crippen LogP contribution in [-0.4, -0.2) is 16.3 Å². The van der Waals surface area contributed by atoms with Crippen LogP contribution in [0.25, 0.3) is 16.7 Å². The predicted octanol–water partition coefficient (Wildman–Crippen LogP) is 8.83. The first-order valence-electron chi connectivity index (χ1n) is 16.6. The second-order valence-corrected chi connectivity index (χ2v) is 17.5. The average Bonchev–Trinajstić information content (AvgIpc) is 3.34. The number of hydrogen-bond donors (Lipinski definition) is 0. The van der Waals surface area contributed by atoms with Gasteiger partial charge in [-0.3, -0.25) is 4.57 Å². The average molecular weight is 594 g/mol. The summed E-state index contributed by atoms with van der Waals surface area (Å²) in [5.74, 6) is 1.12. The third kappa shape index (κ3) is 4.58. The predicted molar refractivity (Wildman–Crippen MR) is 195 cm³/mol. The molecule has 0 saturated heterocycles. The van der Waals surface area contributed by atoms with Crippen LogP contribution in [0.1, 0.15) is 106 Å². The van der Waals surface area contributed by atoms with Gasteiger partial charge in [-0.25, -0.2) is 4.98 Å². The lowest BCUT2D eigenvalue weighted by atomic mass is 9.33. The van der Waals surface area contributed by atoms with E-state index in [4.69, 9.17) is 4.98 Å². The maximum atomic E-state index is 5.42. The normalized spacial score (nSPS) is 14.6. The van der Waals surface area contributed by atoms with Gasteiger partial charge < -0.3 is 4.90 Å². The highest BCUT2D eigenvalue weighted by Crippen LogP contribution is 2.42. The van der Waals surface area contributed by atoms with Crippen LogP contribution < -0.4 is 21.3 Å². The Bertz CT molecular complexity index is 1980. The van der Waals surface area contributed by atoms with E-state index >= 15 is 0 Å². The van der Waals surface area contributed by atoms with E-state index in [1.807, 2.05) is 0 Å². The summed E-state index contributed by atoms with van der Waals surface area (Å²) >= 11 is 0. The Morgan fingerprint density at radius 1 is 0.533 bits per heavy atom. The van der Waals surface area contributed by atoms with Gasteiger partial charge in [0, 0.05) is 28.2 Å². The molecule has 0 radical (unpaired) electrons. The maximum Gasteiger partial charge on any atom is 0.252 e. The van der Waals surface area contributed by atoms with Crippen molar-refractivity contribution in [2.75, 3.05) is 4.90 Å². The van der Waals surface area contributed by atoms with Gasteiger partial charge in [0.1, 0.15) is 5.82 Å². The van der Waals surface area contributed by atoms with Crippen LogP contribution in [-0.2, 0) is 21.7 Å². The molecule has 3 nitrogen and oxygen atoms in total. The zero-order valence-corrected chi connectivity index (χ0v) is 29.3. The second-order valence-electron chi connectivity index (χ2n) is 17.5. The maximum absolute atomic E-state index is 5.42. The Morgan fingerprint density at radius 2 is 1.11 bits per heavy atom. The summed E-state index contributed by atoms with van der Waals surface area (Å²) in [6.07, 6.45) is 0. The summed E-state index contributed by atoms with van der Waals surface area (Å²) in [4.78, 5) is 7.93. The minimum atomic E-state index is -0.123. The van der Waals surface area contributed by atoms with E-state index in [9.17, 15) is 0 Å². The van der Waals surface area contributed by atoms with Crippen LogP contribution in [0.4, 0.5) is 17.1 Å². The number of anilines is 3. The van der Waals surface area contributed by atoms with E-state index in [1.54, 1.807) is 0 Å². The van der Waals surface area contributed by atoms with Crippen molar-refractivity contribution in [1.82, 2.24) is 9.55 Å². The Balaban J connectivity index is 1.61. The van der Waals surface area contributed by atoms with Crippen molar-refractivity contribution in [3.63, 3.8) is 0 Å². The monoisotopic (exact) mass is 593 g/mol. The molecule has 0 spiro atoms.